The van der Waals surface area contributed by atoms with Crippen molar-refractivity contribution in [1.82, 2.24) is 10.6 Å². The molecule has 9 heavy (non-hydrogen) atoms. The van der Waals surface area contributed by atoms with Gasteiger partial charge < -0.3 is 10.6 Å². The zero-order chi connectivity index (χ0) is 6.32. The molecule has 0 radical (unpaired) electrons. The second-order valence-electron chi connectivity index (χ2n) is 3.36. The smallest absolute Gasteiger partial charge is 0.0356 e. The summed E-state index contributed by atoms with van der Waals surface area (Å²) in [5.41, 5.74) is 0.514. The van der Waals surface area contributed by atoms with Crippen molar-refractivity contribution < 1.29 is 0 Å². The molecule has 2 unspecified atom stereocenters. The largest absolute Gasteiger partial charge is 0.315 e. The minimum absolute atomic E-state index is 0.514. The van der Waals surface area contributed by atoms with Crippen LogP contribution in [-0.4, -0.2) is 25.2 Å². The van der Waals surface area contributed by atoms with E-state index in [9.17, 15) is 0 Å². The van der Waals surface area contributed by atoms with Crippen molar-refractivity contribution in [2.24, 2.45) is 5.92 Å². The van der Waals surface area contributed by atoms with E-state index in [1.165, 1.54) is 26.1 Å². The highest BCUT2D eigenvalue weighted by molar-refractivity contribution is 5.06. The Morgan fingerprint density at radius 3 is 2.67 bits per heavy atom. The Morgan fingerprint density at radius 2 is 2.44 bits per heavy atom. The van der Waals surface area contributed by atoms with Crippen molar-refractivity contribution in [3.05, 3.63) is 0 Å². The number of hydrogen-bond donors (Lipinski definition) is 2. The molecule has 2 heterocycles. The third kappa shape index (κ3) is 0.634. The molecule has 0 aromatic rings. The summed E-state index contributed by atoms with van der Waals surface area (Å²) in [6.45, 7) is 5.96. The molecule has 2 nitrogen and oxygen atoms in total. The first-order chi connectivity index (χ1) is 4.33. The van der Waals surface area contributed by atoms with Gasteiger partial charge in [-0.25, -0.2) is 0 Å². The van der Waals surface area contributed by atoms with Crippen LogP contribution in [0.15, 0.2) is 0 Å². The quantitative estimate of drug-likeness (QED) is 0.476. The second kappa shape index (κ2) is 1.70. The first-order valence-electron chi connectivity index (χ1n) is 3.79. The predicted octanol–water partition coefficient (Wildman–Crippen LogP) is -0.0422. The molecule has 2 aliphatic rings. The van der Waals surface area contributed by atoms with Gasteiger partial charge in [-0.3, -0.25) is 0 Å². The molecule has 0 aliphatic carbocycles. The zero-order valence-electron chi connectivity index (χ0n) is 5.91. The zero-order valence-corrected chi connectivity index (χ0v) is 5.91. The first kappa shape index (κ1) is 5.69. The van der Waals surface area contributed by atoms with Crippen molar-refractivity contribution in [1.29, 1.82) is 0 Å². The van der Waals surface area contributed by atoms with Gasteiger partial charge in [0.1, 0.15) is 0 Å². The van der Waals surface area contributed by atoms with Crippen LogP contribution in [0.1, 0.15) is 13.3 Å². The minimum atomic E-state index is 0.514. The molecule has 52 valence electrons. The Labute approximate surface area is 56.0 Å². The molecule has 2 atom stereocenters. The van der Waals surface area contributed by atoms with E-state index in [0.717, 1.165) is 5.92 Å². The Bertz CT molecular complexity index is 116. The summed E-state index contributed by atoms with van der Waals surface area (Å²) >= 11 is 0. The van der Waals surface area contributed by atoms with Crippen LogP contribution >= 0.6 is 0 Å². The molecule has 0 saturated carbocycles. The highest BCUT2D eigenvalue weighted by Gasteiger charge is 2.45. The van der Waals surface area contributed by atoms with Crippen LogP contribution in [0.4, 0.5) is 0 Å². The van der Waals surface area contributed by atoms with E-state index in [4.69, 9.17) is 0 Å². The second-order valence-corrected chi connectivity index (χ2v) is 3.36. The lowest BCUT2D eigenvalue weighted by atomic mass is 9.77. The van der Waals surface area contributed by atoms with E-state index in [-0.39, 0.29) is 0 Å². The van der Waals surface area contributed by atoms with E-state index in [2.05, 4.69) is 17.6 Å². The lowest BCUT2D eigenvalue weighted by molar-refractivity contribution is 0.136. The molecule has 0 aromatic carbocycles. The Kier molecular flexibility index (Phi) is 1.08. The van der Waals surface area contributed by atoms with E-state index >= 15 is 0 Å². The van der Waals surface area contributed by atoms with Crippen LogP contribution in [0.3, 0.4) is 0 Å². The maximum Gasteiger partial charge on any atom is 0.0356 e. The van der Waals surface area contributed by atoms with Crippen LogP contribution in [0.2, 0.25) is 0 Å². The fourth-order valence-electron chi connectivity index (χ4n) is 1.88. The van der Waals surface area contributed by atoms with Gasteiger partial charge in [-0.05, 0) is 18.9 Å². The molecule has 0 aromatic heterocycles. The van der Waals surface area contributed by atoms with Crippen LogP contribution in [0.25, 0.3) is 0 Å². The van der Waals surface area contributed by atoms with Gasteiger partial charge in [0, 0.05) is 18.6 Å². The average molecular weight is 126 g/mol. The molecule has 2 N–H and O–H groups in total. The molecule has 0 bridgehead atoms. The third-order valence-corrected chi connectivity index (χ3v) is 2.89. The summed E-state index contributed by atoms with van der Waals surface area (Å²) in [4.78, 5) is 0. The van der Waals surface area contributed by atoms with E-state index in [1.807, 2.05) is 0 Å². The Balaban J connectivity index is 2.06. The topological polar surface area (TPSA) is 24.1 Å². The highest BCUT2D eigenvalue weighted by atomic mass is 15.1. The van der Waals surface area contributed by atoms with Gasteiger partial charge in [-0.1, -0.05) is 6.92 Å². The number of rotatable bonds is 0. The fourth-order valence-corrected chi connectivity index (χ4v) is 1.88. The van der Waals surface area contributed by atoms with Gasteiger partial charge in [0.05, 0.1) is 0 Å². The molecule has 2 aliphatic heterocycles. The molecule has 2 rings (SSSR count). The molecule has 2 fully saturated rings. The van der Waals surface area contributed by atoms with Gasteiger partial charge in [-0.15, -0.1) is 0 Å². The van der Waals surface area contributed by atoms with Gasteiger partial charge in [0.2, 0.25) is 0 Å². The van der Waals surface area contributed by atoms with Crippen LogP contribution in [-0.2, 0) is 0 Å². The minimum Gasteiger partial charge on any atom is -0.315 e. The average Bonchev–Trinajstić information content (AvgIpc) is 2.34. The lowest BCUT2D eigenvalue weighted by Gasteiger charge is -2.46. The van der Waals surface area contributed by atoms with E-state index in [0.29, 0.717) is 5.54 Å². The number of nitrogens with one attached hydrogen (secondary N) is 2. The van der Waals surface area contributed by atoms with Crippen molar-refractivity contribution in [3.8, 4) is 0 Å². The van der Waals surface area contributed by atoms with Gasteiger partial charge in [0.15, 0.2) is 0 Å². The van der Waals surface area contributed by atoms with Crippen LogP contribution in [0, 0.1) is 5.92 Å². The van der Waals surface area contributed by atoms with E-state index < -0.39 is 0 Å². The van der Waals surface area contributed by atoms with Gasteiger partial charge in [0.25, 0.3) is 0 Å². The highest BCUT2D eigenvalue weighted by Crippen LogP contribution is 2.30. The summed E-state index contributed by atoms with van der Waals surface area (Å²) in [5, 5.41) is 6.89. The predicted molar refractivity (Wildman–Crippen MR) is 37.4 cm³/mol. The lowest BCUT2D eigenvalue weighted by Crippen LogP contribution is -2.65. The fraction of sp³-hybridized carbons (Fsp3) is 1.00. The molecular formula is C7H14N2. The summed E-state index contributed by atoms with van der Waals surface area (Å²) in [7, 11) is 0. The van der Waals surface area contributed by atoms with E-state index in [1.54, 1.807) is 0 Å². The SMILES string of the molecule is CC1CNC12CCNC2. The molecular weight excluding hydrogens is 112 g/mol. The molecule has 2 saturated heterocycles. The third-order valence-electron chi connectivity index (χ3n) is 2.89. The van der Waals surface area contributed by atoms with Crippen LogP contribution in [0.5, 0.6) is 0 Å². The van der Waals surface area contributed by atoms with Crippen molar-refractivity contribution in [2.75, 3.05) is 19.6 Å². The van der Waals surface area contributed by atoms with Gasteiger partial charge in [-0.2, -0.15) is 0 Å². The van der Waals surface area contributed by atoms with Crippen molar-refractivity contribution in [3.63, 3.8) is 0 Å². The summed E-state index contributed by atoms with van der Waals surface area (Å²) < 4.78 is 0. The maximum absolute atomic E-state index is 3.51. The normalized spacial score (nSPS) is 49.7. The summed E-state index contributed by atoms with van der Waals surface area (Å²) in [5.74, 6) is 0.896. The standard InChI is InChI=1S/C7H14N2/c1-6-4-9-7(6)2-3-8-5-7/h6,8-9H,2-5H2,1H3. The van der Waals surface area contributed by atoms with Gasteiger partial charge >= 0.3 is 0 Å². The monoisotopic (exact) mass is 126 g/mol. The van der Waals surface area contributed by atoms with Crippen molar-refractivity contribution in [2.45, 2.75) is 18.9 Å². The molecule has 1 spiro atoms. The van der Waals surface area contributed by atoms with Crippen molar-refractivity contribution >= 4 is 0 Å². The first-order valence-corrected chi connectivity index (χ1v) is 3.79. The summed E-state index contributed by atoms with van der Waals surface area (Å²) in [6.07, 6.45) is 1.33. The number of hydrogen-bond acceptors (Lipinski definition) is 2. The Hall–Kier alpha value is -0.0800. The molecule has 0 amide bonds. The Morgan fingerprint density at radius 1 is 1.56 bits per heavy atom. The summed E-state index contributed by atoms with van der Waals surface area (Å²) in [6, 6.07) is 0. The maximum atomic E-state index is 3.51. The molecule has 2 heteroatoms. The van der Waals surface area contributed by atoms with Crippen LogP contribution < -0.4 is 10.6 Å².